The number of aryl methyl sites for hydroxylation is 2. The maximum Gasteiger partial charge on any atom is 0.417 e. The average Bonchev–Trinajstić information content (AvgIpc) is 3.16. The number of hydrogen-bond acceptors (Lipinski definition) is 4. The molecule has 0 radical (unpaired) electrons. The number of piperidine rings is 1. The van der Waals surface area contributed by atoms with Crippen LogP contribution >= 0.6 is 11.9 Å². The van der Waals surface area contributed by atoms with Crippen molar-refractivity contribution in [1.82, 2.24) is 9.62 Å². The summed E-state index contributed by atoms with van der Waals surface area (Å²) in [5.41, 5.74) is 10.4. The molecule has 276 valence electrons. The molecule has 1 heterocycles. The van der Waals surface area contributed by atoms with Crippen molar-refractivity contribution >= 4 is 11.9 Å². The molecule has 3 nitrogen and oxygen atoms in total. The molecule has 1 fully saturated rings. The molecule has 4 aromatic rings. The third kappa shape index (κ3) is 13.0. The van der Waals surface area contributed by atoms with Gasteiger partial charge in [0.05, 0.1) is 5.56 Å². The highest BCUT2D eigenvalue weighted by Crippen LogP contribution is 2.41. The van der Waals surface area contributed by atoms with Crippen molar-refractivity contribution in [2.24, 2.45) is 11.7 Å². The smallest absolute Gasteiger partial charge is 0.405 e. The number of benzene rings is 4. The van der Waals surface area contributed by atoms with Crippen LogP contribution in [0.4, 0.5) is 13.2 Å². The Morgan fingerprint density at radius 2 is 1.54 bits per heavy atom. The van der Waals surface area contributed by atoms with E-state index < -0.39 is 11.7 Å². The van der Waals surface area contributed by atoms with Crippen molar-refractivity contribution in [3.63, 3.8) is 0 Å². The number of halogens is 3. The van der Waals surface area contributed by atoms with Gasteiger partial charge in [-0.3, -0.25) is 0 Å². The van der Waals surface area contributed by atoms with E-state index in [9.17, 15) is 13.2 Å². The van der Waals surface area contributed by atoms with Crippen molar-refractivity contribution in [3.8, 4) is 23.5 Å². The van der Waals surface area contributed by atoms with Gasteiger partial charge in [-0.2, -0.15) is 13.2 Å². The Kier molecular flexibility index (Phi) is 17.7. The van der Waals surface area contributed by atoms with Gasteiger partial charge in [0.15, 0.2) is 0 Å². The Labute approximate surface area is 314 Å². The standard InChI is InChI=1S/C41H43F3N2S.C2H5N.C2H6/c1-4-33-17-18-37(29-40(33)41(42,43)44)39(34-21-24-46(25-22-34)47-38-19-15-30(3)16-20-38)28-32-12-9-14-36(27-32)35-13-8-11-31(26-35)10-6-7-23-45-5-2;1-2-3;1-2/h1,5,8-9,11-20,26-27,29,34,39,45H,2,6-7,10,21-25,28H2,3H3;2H,1,3H2;1-2H3. The molecule has 5 rings (SSSR count). The van der Waals surface area contributed by atoms with Crippen LogP contribution in [0.3, 0.4) is 0 Å². The van der Waals surface area contributed by atoms with E-state index in [1.807, 2.05) is 19.9 Å². The van der Waals surface area contributed by atoms with E-state index in [4.69, 9.17) is 6.42 Å². The lowest BCUT2D eigenvalue weighted by Crippen LogP contribution is -2.32. The van der Waals surface area contributed by atoms with Gasteiger partial charge in [-0.05, 0) is 134 Å². The van der Waals surface area contributed by atoms with Gasteiger partial charge >= 0.3 is 6.18 Å². The lowest BCUT2D eigenvalue weighted by atomic mass is 9.76. The van der Waals surface area contributed by atoms with E-state index >= 15 is 0 Å². The van der Waals surface area contributed by atoms with Gasteiger partial charge < -0.3 is 11.1 Å². The normalized spacial score (nSPS) is 13.7. The molecule has 1 atom stereocenters. The number of nitrogens with one attached hydrogen (secondary N) is 1. The van der Waals surface area contributed by atoms with Crippen LogP contribution in [0.15, 0.2) is 121 Å². The number of unbranched alkanes of at least 4 members (excludes halogenated alkanes) is 1. The summed E-state index contributed by atoms with van der Waals surface area (Å²) in [5, 5.41) is 3.15. The molecule has 1 unspecified atom stereocenters. The third-order valence-corrected chi connectivity index (χ3v) is 10.2. The van der Waals surface area contributed by atoms with Crippen LogP contribution in [0.1, 0.15) is 78.8 Å². The van der Waals surface area contributed by atoms with Crippen LogP contribution in [0, 0.1) is 25.2 Å². The molecular weight excluding hydrogens is 672 g/mol. The molecular formula is C45H54F3N3S. The first-order valence-electron chi connectivity index (χ1n) is 18.2. The first-order chi connectivity index (χ1) is 25.1. The highest BCUT2D eigenvalue weighted by atomic mass is 32.2. The summed E-state index contributed by atoms with van der Waals surface area (Å²) in [4.78, 5) is 1.20. The molecule has 0 bridgehead atoms. The van der Waals surface area contributed by atoms with E-state index in [1.165, 1.54) is 34.4 Å². The van der Waals surface area contributed by atoms with Crippen LogP contribution in [-0.4, -0.2) is 23.9 Å². The summed E-state index contributed by atoms with van der Waals surface area (Å²) in [5.74, 6) is 2.42. The molecule has 0 aliphatic carbocycles. The minimum Gasteiger partial charge on any atom is -0.405 e. The largest absolute Gasteiger partial charge is 0.417 e. The second-order valence-corrected chi connectivity index (χ2v) is 13.9. The minimum absolute atomic E-state index is 0.0693. The lowest BCUT2D eigenvalue weighted by Gasteiger charge is -2.36. The monoisotopic (exact) mass is 725 g/mol. The van der Waals surface area contributed by atoms with Crippen LogP contribution in [0.5, 0.6) is 0 Å². The zero-order chi connectivity index (χ0) is 37.9. The Morgan fingerprint density at radius 3 is 2.13 bits per heavy atom. The number of alkyl halides is 3. The van der Waals surface area contributed by atoms with Crippen LogP contribution in [0.2, 0.25) is 0 Å². The fourth-order valence-electron chi connectivity index (χ4n) is 6.52. The van der Waals surface area contributed by atoms with Crippen molar-refractivity contribution in [2.45, 2.75) is 76.3 Å². The summed E-state index contributed by atoms with van der Waals surface area (Å²) in [7, 11) is 0. The van der Waals surface area contributed by atoms with Crippen molar-refractivity contribution in [1.29, 1.82) is 0 Å². The van der Waals surface area contributed by atoms with E-state index in [0.717, 1.165) is 68.4 Å². The molecule has 1 aliphatic rings. The van der Waals surface area contributed by atoms with Crippen molar-refractivity contribution in [3.05, 3.63) is 150 Å². The van der Waals surface area contributed by atoms with Crippen LogP contribution < -0.4 is 11.1 Å². The SMILES string of the molecule is C#Cc1ccc(C(Cc2cccc(-c3cccc(CCCCNC=C)c3)c2)C2CCN(Sc3ccc(C)cc3)CC2)cc1C(F)(F)F.C=CN.CC. The van der Waals surface area contributed by atoms with Crippen molar-refractivity contribution < 1.29 is 13.2 Å². The number of rotatable bonds is 13. The predicted molar refractivity (Wildman–Crippen MR) is 216 cm³/mol. The zero-order valence-electron chi connectivity index (χ0n) is 30.9. The van der Waals surface area contributed by atoms with Crippen LogP contribution in [0.25, 0.3) is 11.1 Å². The average molecular weight is 726 g/mol. The molecule has 52 heavy (non-hydrogen) atoms. The summed E-state index contributed by atoms with van der Waals surface area (Å²) in [6.45, 7) is 15.6. The molecule has 4 aromatic carbocycles. The molecule has 0 spiro atoms. The predicted octanol–water partition coefficient (Wildman–Crippen LogP) is 11.6. The maximum absolute atomic E-state index is 14.1. The number of nitrogens with two attached hydrogens (primary N) is 1. The highest BCUT2D eigenvalue weighted by Gasteiger charge is 2.35. The molecule has 1 saturated heterocycles. The minimum atomic E-state index is -4.51. The fourth-order valence-corrected chi connectivity index (χ4v) is 7.47. The third-order valence-electron chi connectivity index (χ3n) is 9.08. The Bertz CT molecular complexity index is 1720. The number of terminal acetylenes is 1. The Hall–Kier alpha value is -4.38. The second kappa shape index (κ2) is 21.9. The van der Waals surface area contributed by atoms with E-state index in [2.05, 4.69) is 114 Å². The molecule has 1 aliphatic heterocycles. The van der Waals surface area contributed by atoms with Gasteiger partial charge in [0.2, 0.25) is 0 Å². The number of nitrogens with zero attached hydrogens (tertiary/aromatic N) is 1. The quantitative estimate of drug-likeness (QED) is 0.0818. The van der Waals surface area contributed by atoms with Gasteiger partial charge in [-0.15, -0.1) is 6.42 Å². The summed E-state index contributed by atoms with van der Waals surface area (Å²) < 4.78 is 44.8. The summed E-state index contributed by atoms with van der Waals surface area (Å²) in [6, 6.07) is 30.3. The van der Waals surface area contributed by atoms with E-state index in [0.29, 0.717) is 12.0 Å². The van der Waals surface area contributed by atoms with Gasteiger partial charge in [0.1, 0.15) is 0 Å². The van der Waals surface area contributed by atoms with Gasteiger partial charge in [0.25, 0.3) is 0 Å². The summed E-state index contributed by atoms with van der Waals surface area (Å²) in [6.07, 6.45) is 9.61. The Balaban J connectivity index is 0.00000139. The highest BCUT2D eigenvalue weighted by molar-refractivity contribution is 7.97. The van der Waals surface area contributed by atoms with E-state index in [-0.39, 0.29) is 17.4 Å². The topological polar surface area (TPSA) is 41.3 Å². The zero-order valence-corrected chi connectivity index (χ0v) is 31.7. The van der Waals surface area contributed by atoms with Crippen LogP contribution in [-0.2, 0) is 19.0 Å². The van der Waals surface area contributed by atoms with Crippen molar-refractivity contribution in [2.75, 3.05) is 19.6 Å². The molecule has 7 heteroatoms. The second-order valence-electron chi connectivity index (χ2n) is 12.7. The first kappa shape index (κ1) is 42.0. The van der Waals surface area contributed by atoms with Gasteiger partial charge in [0, 0.05) is 30.1 Å². The van der Waals surface area contributed by atoms with Gasteiger partial charge in [-0.25, -0.2) is 4.31 Å². The van der Waals surface area contributed by atoms with Gasteiger partial charge in [-0.1, -0.05) is 105 Å². The number of hydrogen-bond donors (Lipinski definition) is 2. The maximum atomic E-state index is 14.1. The molecule has 0 amide bonds. The molecule has 3 N–H and O–H groups in total. The molecule has 0 saturated carbocycles. The van der Waals surface area contributed by atoms with E-state index in [1.54, 1.807) is 18.1 Å². The fraction of sp³-hybridized carbons (Fsp3) is 0.333. The lowest BCUT2D eigenvalue weighted by molar-refractivity contribution is -0.137. The summed E-state index contributed by atoms with van der Waals surface area (Å²) >= 11 is 1.76. The molecule has 0 aromatic heterocycles. The Morgan fingerprint density at radius 1 is 0.923 bits per heavy atom. The first-order valence-corrected chi connectivity index (χ1v) is 18.9.